The summed E-state index contributed by atoms with van der Waals surface area (Å²) in [6.45, 7) is 3.73. The molecule has 2 aromatic rings. The summed E-state index contributed by atoms with van der Waals surface area (Å²) < 4.78 is 5.45. The highest BCUT2D eigenvalue weighted by molar-refractivity contribution is 7.99. The Bertz CT molecular complexity index is 546. The van der Waals surface area contributed by atoms with Crippen molar-refractivity contribution in [2.24, 2.45) is 0 Å². The van der Waals surface area contributed by atoms with Crippen LogP contribution in [0.2, 0.25) is 5.02 Å². The zero-order chi connectivity index (χ0) is 12.4. The lowest BCUT2D eigenvalue weighted by molar-refractivity contribution is 0.112. The Labute approximate surface area is 108 Å². The molecule has 0 atom stereocenters. The fourth-order valence-electron chi connectivity index (χ4n) is 1.27. The number of hydrogen-bond donors (Lipinski definition) is 0. The van der Waals surface area contributed by atoms with E-state index in [1.807, 2.05) is 13.8 Å². The van der Waals surface area contributed by atoms with Crippen LogP contribution in [-0.2, 0) is 0 Å². The van der Waals surface area contributed by atoms with Gasteiger partial charge >= 0.3 is 0 Å². The van der Waals surface area contributed by atoms with Crippen molar-refractivity contribution in [3.63, 3.8) is 0 Å². The van der Waals surface area contributed by atoms with Crippen molar-refractivity contribution in [1.29, 1.82) is 0 Å². The van der Waals surface area contributed by atoms with Crippen LogP contribution in [0.5, 0.6) is 0 Å². The Hall–Kier alpha value is -1.26. The summed E-state index contributed by atoms with van der Waals surface area (Å²) in [4.78, 5) is 15.9. The van der Waals surface area contributed by atoms with Gasteiger partial charge in [-0.15, -0.1) is 0 Å². The predicted molar refractivity (Wildman–Crippen MR) is 66.9 cm³/mol. The Balaban J connectivity index is 2.34. The van der Waals surface area contributed by atoms with Gasteiger partial charge in [0.2, 0.25) is 0 Å². The molecular formula is C12H10ClNO2S. The third-order valence-electron chi connectivity index (χ3n) is 2.31. The van der Waals surface area contributed by atoms with Gasteiger partial charge in [0.1, 0.15) is 5.76 Å². The monoisotopic (exact) mass is 267 g/mol. The van der Waals surface area contributed by atoms with Crippen molar-refractivity contribution in [3.05, 3.63) is 40.2 Å². The zero-order valence-electron chi connectivity index (χ0n) is 9.36. The number of aldehydes is 1. The lowest BCUT2D eigenvalue weighted by Crippen LogP contribution is -1.85. The lowest BCUT2D eigenvalue weighted by atomic mass is 10.2. The first-order valence-electron chi connectivity index (χ1n) is 4.97. The number of carbonyl (C=O) groups excluding carboxylic acids is 1. The predicted octanol–water partition coefficient (Wildman–Crippen LogP) is 3.91. The molecule has 0 aliphatic rings. The van der Waals surface area contributed by atoms with E-state index in [1.165, 1.54) is 11.8 Å². The van der Waals surface area contributed by atoms with Crippen molar-refractivity contribution in [3.8, 4) is 0 Å². The smallest absolute Gasteiger partial charge is 0.261 e. The minimum atomic E-state index is 0.519. The molecule has 2 rings (SSSR count). The maximum Gasteiger partial charge on any atom is 0.261 e. The second-order valence-corrected chi connectivity index (χ2v) is 4.95. The van der Waals surface area contributed by atoms with Gasteiger partial charge in [-0.25, -0.2) is 4.98 Å². The van der Waals surface area contributed by atoms with Crippen molar-refractivity contribution in [1.82, 2.24) is 4.98 Å². The number of carbonyl (C=O) groups is 1. The molecule has 0 N–H and O–H groups in total. The van der Waals surface area contributed by atoms with Crippen LogP contribution in [-0.4, -0.2) is 11.3 Å². The van der Waals surface area contributed by atoms with Gasteiger partial charge < -0.3 is 4.42 Å². The molecule has 0 spiro atoms. The summed E-state index contributed by atoms with van der Waals surface area (Å²) in [7, 11) is 0. The number of halogens is 1. The highest BCUT2D eigenvalue weighted by Crippen LogP contribution is 2.32. The number of nitrogens with zero attached hydrogens (tertiary/aromatic N) is 1. The molecule has 1 aromatic heterocycles. The average molecular weight is 268 g/mol. The van der Waals surface area contributed by atoms with E-state index in [-0.39, 0.29) is 0 Å². The molecule has 0 amide bonds. The number of benzene rings is 1. The number of aromatic nitrogens is 1. The minimum absolute atomic E-state index is 0.519. The van der Waals surface area contributed by atoms with Crippen molar-refractivity contribution < 1.29 is 9.21 Å². The Kier molecular flexibility index (Phi) is 3.54. The Morgan fingerprint density at radius 1 is 1.41 bits per heavy atom. The van der Waals surface area contributed by atoms with Gasteiger partial charge in [-0.3, -0.25) is 4.79 Å². The van der Waals surface area contributed by atoms with Crippen molar-refractivity contribution in [2.45, 2.75) is 24.0 Å². The van der Waals surface area contributed by atoms with Crippen LogP contribution in [0.1, 0.15) is 21.8 Å². The number of rotatable bonds is 3. The molecule has 1 aromatic carbocycles. The number of oxazole rings is 1. The van der Waals surface area contributed by atoms with Gasteiger partial charge in [-0.2, -0.15) is 0 Å². The SMILES string of the molecule is Cc1nc(Sc2cc(Cl)ccc2C=O)oc1C. The largest absolute Gasteiger partial charge is 0.436 e. The second kappa shape index (κ2) is 4.94. The number of hydrogen-bond acceptors (Lipinski definition) is 4. The molecule has 5 heteroatoms. The van der Waals surface area contributed by atoms with E-state index in [0.717, 1.165) is 22.6 Å². The summed E-state index contributed by atoms with van der Waals surface area (Å²) >= 11 is 7.19. The maximum atomic E-state index is 10.9. The molecule has 0 unspecified atom stereocenters. The average Bonchev–Trinajstić information content (AvgIpc) is 2.58. The first-order chi connectivity index (χ1) is 8.10. The maximum absolute atomic E-state index is 10.9. The molecule has 0 aliphatic carbocycles. The van der Waals surface area contributed by atoms with Crippen molar-refractivity contribution in [2.75, 3.05) is 0 Å². The molecule has 1 heterocycles. The van der Waals surface area contributed by atoms with E-state index in [1.54, 1.807) is 18.2 Å². The van der Waals surface area contributed by atoms with Crippen LogP contribution in [0, 0.1) is 13.8 Å². The van der Waals surface area contributed by atoms with Gasteiger partial charge in [0.15, 0.2) is 6.29 Å². The van der Waals surface area contributed by atoms with Gasteiger partial charge in [0.25, 0.3) is 5.22 Å². The summed E-state index contributed by atoms with van der Waals surface area (Å²) in [6.07, 6.45) is 0.793. The van der Waals surface area contributed by atoms with Crippen LogP contribution in [0.25, 0.3) is 0 Å². The molecule has 0 saturated carbocycles. The van der Waals surface area contributed by atoms with E-state index in [4.69, 9.17) is 16.0 Å². The second-order valence-electron chi connectivity index (χ2n) is 3.52. The summed E-state index contributed by atoms with van der Waals surface area (Å²) in [5, 5.41) is 1.10. The molecule has 0 saturated heterocycles. The Morgan fingerprint density at radius 3 is 2.76 bits per heavy atom. The molecule has 0 radical (unpaired) electrons. The van der Waals surface area contributed by atoms with Crippen LogP contribution >= 0.6 is 23.4 Å². The normalized spacial score (nSPS) is 10.5. The highest BCUT2D eigenvalue weighted by Gasteiger charge is 2.10. The summed E-state index contributed by atoms with van der Waals surface area (Å²) in [6, 6.07) is 5.09. The molecule has 0 aliphatic heterocycles. The van der Waals surface area contributed by atoms with Crippen LogP contribution in [0.15, 0.2) is 32.7 Å². The first kappa shape index (κ1) is 12.2. The highest BCUT2D eigenvalue weighted by atomic mass is 35.5. The third kappa shape index (κ3) is 2.70. The molecule has 17 heavy (non-hydrogen) atoms. The fourth-order valence-corrected chi connectivity index (χ4v) is 2.47. The minimum Gasteiger partial charge on any atom is -0.436 e. The summed E-state index contributed by atoms with van der Waals surface area (Å²) in [5.41, 5.74) is 1.43. The van der Waals surface area contributed by atoms with Gasteiger partial charge in [0.05, 0.1) is 5.69 Å². The molecule has 0 bridgehead atoms. The first-order valence-corrected chi connectivity index (χ1v) is 6.16. The number of aryl methyl sites for hydroxylation is 2. The van der Waals surface area contributed by atoms with Gasteiger partial charge in [-0.05, 0) is 43.8 Å². The standard InChI is InChI=1S/C12H10ClNO2S/c1-7-8(2)16-12(14-7)17-11-5-10(13)4-3-9(11)6-15/h3-6H,1-2H3. The quantitative estimate of drug-likeness (QED) is 0.791. The topological polar surface area (TPSA) is 43.1 Å². The molecule has 0 fully saturated rings. The zero-order valence-corrected chi connectivity index (χ0v) is 10.9. The van der Waals surface area contributed by atoms with Gasteiger partial charge in [-0.1, -0.05) is 11.6 Å². The van der Waals surface area contributed by atoms with E-state index < -0.39 is 0 Å². The van der Waals surface area contributed by atoms with Crippen LogP contribution in [0.4, 0.5) is 0 Å². The molecule has 88 valence electrons. The van der Waals surface area contributed by atoms with E-state index in [9.17, 15) is 4.79 Å². The van der Waals surface area contributed by atoms with Crippen molar-refractivity contribution >= 4 is 29.6 Å². The summed E-state index contributed by atoms with van der Waals surface area (Å²) in [5.74, 6) is 0.780. The van der Waals surface area contributed by atoms with E-state index in [2.05, 4.69) is 4.98 Å². The third-order valence-corrected chi connectivity index (χ3v) is 3.47. The van der Waals surface area contributed by atoms with E-state index >= 15 is 0 Å². The van der Waals surface area contributed by atoms with E-state index in [0.29, 0.717) is 15.8 Å². The van der Waals surface area contributed by atoms with Gasteiger partial charge in [0, 0.05) is 15.5 Å². The Morgan fingerprint density at radius 2 is 2.18 bits per heavy atom. The molecular weight excluding hydrogens is 258 g/mol. The molecule has 3 nitrogen and oxygen atoms in total. The van der Waals surface area contributed by atoms with Crippen LogP contribution < -0.4 is 0 Å². The van der Waals surface area contributed by atoms with Crippen LogP contribution in [0.3, 0.4) is 0 Å². The fraction of sp³-hybridized carbons (Fsp3) is 0.167. The lowest BCUT2D eigenvalue weighted by Gasteiger charge is -2.01.